The average molecular weight is 506 g/mol. The number of hydrogen-bond donors (Lipinski definition) is 2. The summed E-state index contributed by atoms with van der Waals surface area (Å²) in [5.41, 5.74) is 0. The number of nitrogens with one attached hydrogen (secondary N) is 2. The zero-order valence-corrected chi connectivity index (χ0v) is 21.8. The molecule has 1 heterocycles. The second kappa shape index (κ2) is 12.7. The van der Waals surface area contributed by atoms with Crippen LogP contribution in [0.4, 0.5) is 0 Å². The Morgan fingerprint density at radius 3 is 2.06 bits per heavy atom. The molecule has 2 fully saturated rings. The van der Waals surface area contributed by atoms with E-state index < -0.39 is 10.0 Å². The molecule has 2 N–H and O–H groups in total. The summed E-state index contributed by atoms with van der Waals surface area (Å²) in [5.74, 6) is 1.46. The van der Waals surface area contributed by atoms with Gasteiger partial charge in [0, 0.05) is 18.1 Å². The summed E-state index contributed by atoms with van der Waals surface area (Å²) >= 11 is 6.05. The Morgan fingerprint density at radius 1 is 0.794 bits per heavy atom. The summed E-state index contributed by atoms with van der Waals surface area (Å²) in [6, 6.07) is 10.8. The number of nitrogens with zero attached hydrogens (tertiary/aromatic N) is 1. The molecule has 1 saturated carbocycles. The maximum Gasteiger partial charge on any atom is 0.243 e. The Balaban J connectivity index is 1.12. The molecule has 2 aromatic rings. The van der Waals surface area contributed by atoms with E-state index in [1.165, 1.54) is 51.5 Å². The molecule has 5 nitrogen and oxygen atoms in total. The van der Waals surface area contributed by atoms with Crippen LogP contribution in [-0.2, 0) is 10.0 Å². The van der Waals surface area contributed by atoms with E-state index in [1.54, 1.807) is 22.5 Å². The Hall–Kier alpha value is -1.18. The van der Waals surface area contributed by atoms with Crippen LogP contribution in [0.2, 0.25) is 5.02 Å². The molecule has 4 rings (SSSR count). The fourth-order valence-corrected chi connectivity index (χ4v) is 7.05. The van der Waals surface area contributed by atoms with Crippen molar-refractivity contribution in [1.82, 2.24) is 14.9 Å². The van der Waals surface area contributed by atoms with E-state index in [4.69, 9.17) is 11.6 Å². The van der Waals surface area contributed by atoms with Crippen LogP contribution >= 0.6 is 11.6 Å². The number of piperidine rings is 1. The van der Waals surface area contributed by atoms with Crippen molar-refractivity contribution >= 4 is 32.4 Å². The first kappa shape index (κ1) is 25.9. The molecule has 1 saturated heterocycles. The molecule has 0 amide bonds. The quantitative estimate of drug-likeness (QED) is 0.399. The molecular formula is C27H40ClN3O2S. The highest BCUT2D eigenvalue weighted by Gasteiger charge is 2.29. The number of halogens is 1. The van der Waals surface area contributed by atoms with E-state index in [2.05, 4.69) is 10.6 Å². The monoisotopic (exact) mass is 505 g/mol. The zero-order valence-electron chi connectivity index (χ0n) is 20.3. The minimum Gasteiger partial charge on any atom is -0.316 e. The SMILES string of the molecule is O=S(=O)(c1ccc2cc(Cl)ccc2c1)N1CCC(CNCCCCNCC2CCCCC2)CC1. The molecule has 2 aromatic carbocycles. The van der Waals surface area contributed by atoms with Gasteiger partial charge in [-0.1, -0.05) is 43.0 Å². The fourth-order valence-electron chi connectivity index (χ4n) is 5.36. The second-order valence-electron chi connectivity index (χ2n) is 10.1. The summed E-state index contributed by atoms with van der Waals surface area (Å²) in [6.07, 6.45) is 11.3. The molecule has 0 bridgehead atoms. The molecule has 0 atom stereocenters. The van der Waals surface area contributed by atoms with Crippen LogP contribution in [0, 0.1) is 11.8 Å². The van der Waals surface area contributed by atoms with Crippen LogP contribution in [0.5, 0.6) is 0 Å². The lowest BCUT2D eigenvalue weighted by Crippen LogP contribution is -2.40. The topological polar surface area (TPSA) is 61.4 Å². The van der Waals surface area contributed by atoms with Gasteiger partial charge in [-0.15, -0.1) is 0 Å². The van der Waals surface area contributed by atoms with Crippen molar-refractivity contribution in [1.29, 1.82) is 0 Å². The number of unbranched alkanes of at least 4 members (excludes halogenated alkanes) is 1. The van der Waals surface area contributed by atoms with Crippen molar-refractivity contribution in [3.63, 3.8) is 0 Å². The summed E-state index contributed by atoms with van der Waals surface area (Å²) < 4.78 is 28.0. The lowest BCUT2D eigenvalue weighted by molar-refractivity contribution is 0.267. The third-order valence-corrected chi connectivity index (χ3v) is 9.66. The van der Waals surface area contributed by atoms with E-state index in [1.807, 2.05) is 18.2 Å². The number of sulfonamides is 1. The van der Waals surface area contributed by atoms with Gasteiger partial charge >= 0.3 is 0 Å². The van der Waals surface area contributed by atoms with E-state index in [9.17, 15) is 8.42 Å². The first-order valence-electron chi connectivity index (χ1n) is 13.1. The van der Waals surface area contributed by atoms with Gasteiger partial charge in [-0.25, -0.2) is 8.42 Å². The summed E-state index contributed by atoms with van der Waals surface area (Å²) in [5, 5.41) is 9.75. The molecule has 2 aliphatic rings. The highest BCUT2D eigenvalue weighted by atomic mass is 35.5. The lowest BCUT2D eigenvalue weighted by atomic mass is 9.89. The van der Waals surface area contributed by atoms with E-state index in [0.29, 0.717) is 28.9 Å². The van der Waals surface area contributed by atoms with Gasteiger partial charge in [-0.2, -0.15) is 4.31 Å². The molecule has 0 radical (unpaired) electrons. The minimum atomic E-state index is -3.46. The van der Waals surface area contributed by atoms with Crippen molar-refractivity contribution in [2.75, 3.05) is 39.3 Å². The third-order valence-electron chi connectivity index (χ3n) is 7.53. The van der Waals surface area contributed by atoms with Gasteiger partial charge in [0.25, 0.3) is 0 Å². The lowest BCUT2D eigenvalue weighted by Gasteiger charge is -2.31. The van der Waals surface area contributed by atoms with Gasteiger partial charge in [0.2, 0.25) is 10.0 Å². The normalized spacial score (nSPS) is 19.1. The molecular weight excluding hydrogens is 466 g/mol. The molecule has 1 aliphatic carbocycles. The largest absolute Gasteiger partial charge is 0.316 e. The van der Waals surface area contributed by atoms with Crippen LogP contribution in [0.1, 0.15) is 57.8 Å². The summed E-state index contributed by atoms with van der Waals surface area (Å²) in [7, 11) is -3.46. The number of hydrogen-bond acceptors (Lipinski definition) is 4. The maximum atomic E-state index is 13.2. The van der Waals surface area contributed by atoms with Crippen LogP contribution in [0.3, 0.4) is 0 Å². The predicted octanol–water partition coefficient (Wildman–Crippen LogP) is 5.43. The van der Waals surface area contributed by atoms with Gasteiger partial charge in [-0.3, -0.25) is 0 Å². The second-order valence-corrected chi connectivity index (χ2v) is 12.5. The van der Waals surface area contributed by atoms with Crippen LogP contribution in [-0.4, -0.2) is 52.0 Å². The van der Waals surface area contributed by atoms with Gasteiger partial charge in [0.15, 0.2) is 0 Å². The molecule has 7 heteroatoms. The van der Waals surface area contributed by atoms with Crippen LogP contribution in [0.25, 0.3) is 10.8 Å². The average Bonchev–Trinajstić information content (AvgIpc) is 2.86. The molecule has 0 spiro atoms. The van der Waals surface area contributed by atoms with Gasteiger partial charge in [-0.05, 0) is 112 Å². The maximum absolute atomic E-state index is 13.2. The Morgan fingerprint density at radius 2 is 1.38 bits per heavy atom. The first-order chi connectivity index (χ1) is 16.5. The fraction of sp³-hybridized carbons (Fsp3) is 0.630. The highest BCUT2D eigenvalue weighted by molar-refractivity contribution is 7.89. The van der Waals surface area contributed by atoms with E-state index in [0.717, 1.165) is 49.2 Å². The Bertz CT molecular complexity index is 1020. The van der Waals surface area contributed by atoms with Crippen molar-refractivity contribution in [2.24, 2.45) is 11.8 Å². The Labute approximate surface area is 210 Å². The van der Waals surface area contributed by atoms with E-state index in [-0.39, 0.29) is 0 Å². The summed E-state index contributed by atoms with van der Waals surface area (Å²) in [4.78, 5) is 0.371. The smallest absolute Gasteiger partial charge is 0.243 e. The predicted molar refractivity (Wildman–Crippen MR) is 142 cm³/mol. The molecule has 0 aromatic heterocycles. The molecule has 188 valence electrons. The van der Waals surface area contributed by atoms with Gasteiger partial charge in [0.1, 0.15) is 0 Å². The highest BCUT2D eigenvalue weighted by Crippen LogP contribution is 2.27. The number of fused-ring (bicyclic) bond motifs is 1. The van der Waals surface area contributed by atoms with Crippen LogP contribution < -0.4 is 10.6 Å². The first-order valence-corrected chi connectivity index (χ1v) is 14.9. The number of benzene rings is 2. The van der Waals surface area contributed by atoms with E-state index >= 15 is 0 Å². The molecule has 34 heavy (non-hydrogen) atoms. The summed E-state index contributed by atoms with van der Waals surface area (Å²) in [6.45, 7) is 5.54. The molecule has 1 aliphatic heterocycles. The van der Waals surface area contributed by atoms with Crippen molar-refractivity contribution < 1.29 is 8.42 Å². The Kier molecular flexibility index (Phi) is 9.66. The minimum absolute atomic E-state index is 0.371. The van der Waals surface area contributed by atoms with Gasteiger partial charge < -0.3 is 10.6 Å². The van der Waals surface area contributed by atoms with Crippen molar-refractivity contribution in [3.05, 3.63) is 41.4 Å². The molecule has 0 unspecified atom stereocenters. The van der Waals surface area contributed by atoms with Crippen LogP contribution in [0.15, 0.2) is 41.3 Å². The standard InChI is InChI=1S/C27H40ClN3O2S/c28-26-10-8-25-19-27(11-9-24(25)18-26)34(32,33)31-16-12-23(13-17-31)21-30-15-5-4-14-29-20-22-6-2-1-3-7-22/h8-11,18-19,22-23,29-30H,1-7,12-17,20-21H2. The number of rotatable bonds is 11. The van der Waals surface area contributed by atoms with Crippen molar-refractivity contribution in [3.8, 4) is 0 Å². The third kappa shape index (κ3) is 7.17. The van der Waals surface area contributed by atoms with Gasteiger partial charge in [0.05, 0.1) is 4.90 Å². The zero-order chi connectivity index (χ0) is 23.8. The van der Waals surface area contributed by atoms with Crippen molar-refractivity contribution in [2.45, 2.75) is 62.7 Å².